The largest absolute Gasteiger partial charge is 0.334 e. The fourth-order valence-corrected chi connectivity index (χ4v) is 1.65. The highest BCUT2D eigenvalue weighted by Gasteiger charge is 2.08. The van der Waals surface area contributed by atoms with Crippen molar-refractivity contribution in [3.63, 3.8) is 0 Å². The molecule has 2 aromatic heterocycles. The van der Waals surface area contributed by atoms with E-state index in [4.69, 9.17) is 11.6 Å². The summed E-state index contributed by atoms with van der Waals surface area (Å²) in [4.78, 5) is 15.7. The van der Waals surface area contributed by atoms with E-state index >= 15 is 0 Å². The first-order valence-corrected chi connectivity index (χ1v) is 6.30. The van der Waals surface area contributed by atoms with Gasteiger partial charge in [0.1, 0.15) is 0 Å². The molecule has 7 heteroatoms. The van der Waals surface area contributed by atoms with E-state index < -0.39 is 0 Å². The van der Waals surface area contributed by atoms with Crippen LogP contribution in [0.4, 0.5) is 10.6 Å². The molecular formula is C13H14ClN5O. The van der Waals surface area contributed by atoms with Crippen molar-refractivity contribution in [1.29, 1.82) is 0 Å². The molecule has 2 rings (SSSR count). The summed E-state index contributed by atoms with van der Waals surface area (Å²) in [5, 5.41) is 9.93. The van der Waals surface area contributed by atoms with E-state index in [2.05, 4.69) is 27.3 Å². The molecule has 0 spiro atoms. The first-order valence-electron chi connectivity index (χ1n) is 5.92. The van der Waals surface area contributed by atoms with Crippen LogP contribution in [0.1, 0.15) is 6.92 Å². The maximum absolute atomic E-state index is 11.6. The molecule has 104 valence electrons. The van der Waals surface area contributed by atoms with Gasteiger partial charge in [0.15, 0.2) is 11.6 Å². The average Bonchev–Trinajstić information content (AvgIpc) is 2.85. The Labute approximate surface area is 121 Å². The Morgan fingerprint density at radius 3 is 3.00 bits per heavy atom. The number of anilines is 1. The lowest BCUT2D eigenvalue weighted by atomic mass is 10.3. The van der Waals surface area contributed by atoms with Gasteiger partial charge in [0.2, 0.25) is 0 Å². The molecule has 0 atom stereocenters. The van der Waals surface area contributed by atoms with Gasteiger partial charge in [-0.15, -0.1) is 5.10 Å². The molecule has 0 saturated heterocycles. The molecule has 20 heavy (non-hydrogen) atoms. The van der Waals surface area contributed by atoms with Gasteiger partial charge >= 0.3 is 6.03 Å². The number of halogens is 1. The third-order valence-corrected chi connectivity index (χ3v) is 2.63. The maximum Gasteiger partial charge on any atom is 0.320 e. The third-order valence-electron chi connectivity index (χ3n) is 2.34. The number of nitrogens with one attached hydrogen (secondary N) is 2. The molecule has 0 radical (unpaired) electrons. The SMILES string of the molecule is C=C(C)CNC(=O)Nc1ccn(-c2ncccc2Cl)n1. The van der Waals surface area contributed by atoms with Gasteiger partial charge in [-0.25, -0.2) is 14.5 Å². The van der Waals surface area contributed by atoms with Crippen LogP contribution in [0.5, 0.6) is 0 Å². The van der Waals surface area contributed by atoms with Crippen molar-refractivity contribution in [3.05, 3.63) is 47.8 Å². The topological polar surface area (TPSA) is 71.8 Å². The van der Waals surface area contributed by atoms with Crippen LogP contribution in [0.3, 0.4) is 0 Å². The summed E-state index contributed by atoms with van der Waals surface area (Å²) in [5.74, 6) is 0.912. The van der Waals surface area contributed by atoms with E-state index in [0.717, 1.165) is 5.57 Å². The van der Waals surface area contributed by atoms with Crippen molar-refractivity contribution in [2.45, 2.75) is 6.92 Å². The Bertz CT molecular complexity index is 637. The highest BCUT2D eigenvalue weighted by molar-refractivity contribution is 6.32. The van der Waals surface area contributed by atoms with Crippen molar-refractivity contribution in [2.75, 3.05) is 11.9 Å². The molecule has 0 aromatic carbocycles. The summed E-state index contributed by atoms with van der Waals surface area (Å²) in [6.07, 6.45) is 3.29. The third kappa shape index (κ3) is 3.58. The van der Waals surface area contributed by atoms with Gasteiger partial charge in [-0.1, -0.05) is 23.8 Å². The molecule has 6 nitrogen and oxygen atoms in total. The molecule has 2 aromatic rings. The maximum atomic E-state index is 11.6. The zero-order valence-electron chi connectivity index (χ0n) is 10.9. The van der Waals surface area contributed by atoms with E-state index in [0.29, 0.717) is 23.2 Å². The molecule has 2 amide bonds. The van der Waals surface area contributed by atoms with Crippen LogP contribution < -0.4 is 10.6 Å². The van der Waals surface area contributed by atoms with Crippen molar-refractivity contribution in [3.8, 4) is 5.82 Å². The molecule has 2 heterocycles. The molecule has 0 unspecified atom stereocenters. The number of hydrogen-bond acceptors (Lipinski definition) is 3. The summed E-state index contributed by atoms with van der Waals surface area (Å²) in [6.45, 7) is 5.95. The highest BCUT2D eigenvalue weighted by Crippen LogP contribution is 2.17. The summed E-state index contributed by atoms with van der Waals surface area (Å²) in [6, 6.07) is 4.77. The summed E-state index contributed by atoms with van der Waals surface area (Å²) in [5.41, 5.74) is 0.867. The van der Waals surface area contributed by atoms with Crippen molar-refractivity contribution >= 4 is 23.4 Å². The lowest BCUT2D eigenvalue weighted by molar-refractivity contribution is 0.252. The second-order valence-corrected chi connectivity index (χ2v) is 4.63. The summed E-state index contributed by atoms with van der Waals surface area (Å²) in [7, 11) is 0. The smallest absolute Gasteiger partial charge is 0.320 e. The van der Waals surface area contributed by atoms with Crippen LogP contribution >= 0.6 is 11.6 Å². The van der Waals surface area contributed by atoms with Gasteiger partial charge in [-0.2, -0.15) is 0 Å². The zero-order chi connectivity index (χ0) is 14.5. The number of rotatable bonds is 4. The van der Waals surface area contributed by atoms with E-state index in [-0.39, 0.29) is 6.03 Å². The Hall–Kier alpha value is -2.34. The monoisotopic (exact) mass is 291 g/mol. The molecule has 0 aliphatic heterocycles. The van der Waals surface area contributed by atoms with Gasteiger partial charge in [0.05, 0.1) is 5.02 Å². The predicted molar refractivity (Wildman–Crippen MR) is 78.2 cm³/mol. The van der Waals surface area contributed by atoms with E-state index in [1.807, 2.05) is 6.92 Å². The Morgan fingerprint density at radius 2 is 2.30 bits per heavy atom. The van der Waals surface area contributed by atoms with E-state index in [9.17, 15) is 4.79 Å². The number of amides is 2. The minimum absolute atomic E-state index is 0.342. The number of carbonyl (C=O) groups excluding carboxylic acids is 1. The number of carbonyl (C=O) groups is 1. The molecule has 0 bridgehead atoms. The number of aromatic nitrogens is 3. The fourth-order valence-electron chi connectivity index (χ4n) is 1.45. The van der Waals surface area contributed by atoms with Crippen molar-refractivity contribution in [1.82, 2.24) is 20.1 Å². The minimum atomic E-state index is -0.342. The Morgan fingerprint density at radius 1 is 1.50 bits per heavy atom. The van der Waals surface area contributed by atoms with Crippen LogP contribution in [0.25, 0.3) is 5.82 Å². The summed E-state index contributed by atoms with van der Waals surface area (Å²) < 4.78 is 1.50. The van der Waals surface area contributed by atoms with Gasteiger partial charge in [-0.05, 0) is 19.1 Å². The normalized spacial score (nSPS) is 10.1. The van der Waals surface area contributed by atoms with E-state index in [1.54, 1.807) is 30.6 Å². The molecule has 0 saturated carbocycles. The first-order chi connectivity index (χ1) is 9.56. The lowest BCUT2D eigenvalue weighted by Gasteiger charge is -2.05. The molecule has 0 fully saturated rings. The Balaban J connectivity index is 2.04. The lowest BCUT2D eigenvalue weighted by Crippen LogP contribution is -2.30. The Kier molecular flexibility index (Phi) is 4.37. The molecular weight excluding hydrogens is 278 g/mol. The molecule has 0 aliphatic rings. The van der Waals surface area contributed by atoms with Gasteiger partial charge in [0.25, 0.3) is 0 Å². The van der Waals surface area contributed by atoms with Gasteiger partial charge in [0, 0.05) is 25.0 Å². The predicted octanol–water partition coefficient (Wildman–Crippen LogP) is 2.62. The number of urea groups is 1. The van der Waals surface area contributed by atoms with Crippen molar-refractivity contribution < 1.29 is 4.79 Å². The highest BCUT2D eigenvalue weighted by atomic mass is 35.5. The van der Waals surface area contributed by atoms with Crippen LogP contribution in [0, 0.1) is 0 Å². The first kappa shape index (κ1) is 14.1. The average molecular weight is 292 g/mol. The fraction of sp³-hybridized carbons (Fsp3) is 0.154. The number of hydrogen-bond donors (Lipinski definition) is 2. The van der Waals surface area contributed by atoms with Crippen LogP contribution in [0.15, 0.2) is 42.7 Å². The number of pyridine rings is 1. The minimum Gasteiger partial charge on any atom is -0.334 e. The van der Waals surface area contributed by atoms with Gasteiger partial charge in [-0.3, -0.25) is 5.32 Å². The quantitative estimate of drug-likeness (QED) is 0.851. The summed E-state index contributed by atoms with van der Waals surface area (Å²) >= 11 is 6.03. The van der Waals surface area contributed by atoms with Crippen molar-refractivity contribution in [2.24, 2.45) is 0 Å². The van der Waals surface area contributed by atoms with Gasteiger partial charge < -0.3 is 5.32 Å². The van der Waals surface area contributed by atoms with E-state index in [1.165, 1.54) is 4.68 Å². The second kappa shape index (κ2) is 6.21. The zero-order valence-corrected chi connectivity index (χ0v) is 11.7. The van der Waals surface area contributed by atoms with Crippen LogP contribution in [-0.4, -0.2) is 27.3 Å². The van der Waals surface area contributed by atoms with Crippen LogP contribution in [-0.2, 0) is 0 Å². The molecule has 2 N–H and O–H groups in total. The standard InChI is InChI=1S/C13H14ClN5O/c1-9(2)8-16-13(20)17-11-5-7-19(18-11)12-10(14)4-3-6-15-12/h3-7H,1,8H2,2H3,(H2,16,17,18,20). The number of nitrogens with zero attached hydrogens (tertiary/aromatic N) is 3. The molecule has 0 aliphatic carbocycles. The second-order valence-electron chi connectivity index (χ2n) is 4.22. The van der Waals surface area contributed by atoms with Crippen LogP contribution in [0.2, 0.25) is 5.02 Å².